The number of benzene rings is 1. The molecule has 0 amide bonds. The lowest BCUT2D eigenvalue weighted by atomic mass is 9.68. The van der Waals surface area contributed by atoms with Gasteiger partial charge in [0.15, 0.2) is 5.65 Å². The molecule has 0 saturated heterocycles. The summed E-state index contributed by atoms with van der Waals surface area (Å²) >= 11 is 2.13. The van der Waals surface area contributed by atoms with Crippen molar-refractivity contribution in [3.63, 3.8) is 0 Å². The Kier molecular flexibility index (Phi) is 5.35. The molecule has 3 fully saturated rings. The van der Waals surface area contributed by atoms with Crippen molar-refractivity contribution in [2.45, 2.75) is 38.1 Å². The average molecular weight is 536 g/mol. The fourth-order valence-corrected chi connectivity index (χ4v) is 6.33. The highest BCUT2D eigenvalue weighted by Crippen LogP contribution is 2.43. The second-order valence-corrected chi connectivity index (χ2v) is 9.93. The van der Waals surface area contributed by atoms with Crippen molar-refractivity contribution < 1.29 is 8.78 Å². The van der Waals surface area contributed by atoms with Gasteiger partial charge in [-0.15, -0.1) is 0 Å². The molecule has 2 aromatic heterocycles. The number of rotatable bonds is 4. The molecule has 2 heterocycles. The van der Waals surface area contributed by atoms with Crippen LogP contribution in [0, 0.1) is 34.8 Å². The van der Waals surface area contributed by atoms with Crippen LogP contribution in [0.2, 0.25) is 0 Å². The molecular formula is C22H19F2IN4S. The summed E-state index contributed by atoms with van der Waals surface area (Å²) in [6, 6.07) is 6.77. The maximum absolute atomic E-state index is 14.9. The van der Waals surface area contributed by atoms with Gasteiger partial charge < -0.3 is 5.32 Å². The number of pyridine rings is 1. The van der Waals surface area contributed by atoms with Gasteiger partial charge in [-0.25, -0.2) is 13.8 Å². The topological polar surface area (TPSA) is 53.6 Å². The summed E-state index contributed by atoms with van der Waals surface area (Å²) in [6.45, 7) is 0. The second kappa shape index (κ2) is 8.00. The molecule has 1 unspecified atom stereocenters. The lowest BCUT2D eigenvalue weighted by molar-refractivity contribution is 0.157. The number of nitriles is 1. The fraction of sp³-hybridized carbons (Fsp3) is 0.364. The molecule has 0 aliphatic heterocycles. The standard InChI is InChI=1S/C22H19F2IN4S/c23-15-7-17-18(11-29(30-25)22(17)27-10-15)16-8-21(19(24)6-14(16)9-26)28-20-5-12-1-3-13(20)4-2-12/h6-8,10-13,20,28H,1-5H2. The summed E-state index contributed by atoms with van der Waals surface area (Å²) in [7, 11) is 1.41. The Hall–Kier alpha value is -1.86. The third-order valence-corrected chi connectivity index (χ3v) is 8.26. The first kappa shape index (κ1) is 20.1. The molecule has 1 atom stereocenters. The number of nitrogens with one attached hydrogen (secondary N) is 1. The molecule has 3 saturated carbocycles. The maximum Gasteiger partial charge on any atom is 0.151 e. The zero-order chi connectivity index (χ0) is 20.8. The highest BCUT2D eigenvalue weighted by atomic mass is 127. The minimum atomic E-state index is -0.447. The van der Waals surface area contributed by atoms with Crippen LogP contribution >= 0.6 is 30.3 Å². The van der Waals surface area contributed by atoms with Crippen molar-refractivity contribution in [2.75, 3.05) is 5.32 Å². The highest BCUT2D eigenvalue weighted by Gasteiger charge is 2.35. The monoisotopic (exact) mass is 536 g/mol. The molecule has 0 radical (unpaired) electrons. The minimum absolute atomic E-state index is 0.227. The van der Waals surface area contributed by atoms with Gasteiger partial charge in [0.2, 0.25) is 0 Å². The number of hydrogen-bond donors (Lipinski definition) is 1. The van der Waals surface area contributed by atoms with Crippen molar-refractivity contribution in [3.8, 4) is 17.2 Å². The normalized spacial score (nSPS) is 22.9. The SMILES string of the molecule is N#Cc1cc(F)c(NC2CC3CCC2CC3)cc1-c1cn(SI)c2ncc(F)cc12. The van der Waals surface area contributed by atoms with E-state index in [9.17, 15) is 14.0 Å². The van der Waals surface area contributed by atoms with Gasteiger partial charge in [0.1, 0.15) is 11.6 Å². The van der Waals surface area contributed by atoms with Crippen LogP contribution in [0.15, 0.2) is 30.6 Å². The molecule has 4 nitrogen and oxygen atoms in total. The van der Waals surface area contributed by atoms with E-state index in [1.54, 1.807) is 6.07 Å². The highest BCUT2D eigenvalue weighted by molar-refractivity contribution is 14.2. The Bertz CT molecular complexity index is 1160. The third-order valence-electron chi connectivity index (χ3n) is 6.56. The van der Waals surface area contributed by atoms with Crippen molar-refractivity contribution >= 4 is 47.0 Å². The summed E-state index contributed by atoms with van der Waals surface area (Å²) in [4.78, 5) is 4.20. The second-order valence-electron chi connectivity index (χ2n) is 8.22. The Morgan fingerprint density at radius 3 is 2.63 bits per heavy atom. The van der Waals surface area contributed by atoms with Crippen molar-refractivity contribution in [3.05, 3.63) is 47.8 Å². The molecule has 30 heavy (non-hydrogen) atoms. The molecule has 0 spiro atoms. The van der Waals surface area contributed by atoms with E-state index in [2.05, 4.69) is 37.6 Å². The van der Waals surface area contributed by atoms with Crippen LogP contribution in [0.5, 0.6) is 0 Å². The Balaban J connectivity index is 1.60. The number of halogens is 3. The predicted octanol–water partition coefficient (Wildman–Crippen LogP) is 6.69. The van der Waals surface area contributed by atoms with Gasteiger partial charge in [-0.1, -0.05) is 12.8 Å². The van der Waals surface area contributed by atoms with Crippen LogP contribution < -0.4 is 5.32 Å². The number of aromatic nitrogens is 2. The Morgan fingerprint density at radius 2 is 1.97 bits per heavy atom. The van der Waals surface area contributed by atoms with Gasteiger partial charge in [-0.2, -0.15) is 5.26 Å². The van der Waals surface area contributed by atoms with Gasteiger partial charge in [-0.05, 0) is 49.3 Å². The van der Waals surface area contributed by atoms with Gasteiger partial charge in [0, 0.05) is 59.1 Å². The average Bonchev–Trinajstić information content (AvgIpc) is 3.13. The molecular weight excluding hydrogens is 517 g/mol. The lowest BCUT2D eigenvalue weighted by Crippen LogP contribution is -2.40. The Morgan fingerprint density at radius 1 is 1.17 bits per heavy atom. The first-order chi connectivity index (χ1) is 14.6. The van der Waals surface area contributed by atoms with E-state index < -0.39 is 11.6 Å². The van der Waals surface area contributed by atoms with Crippen LogP contribution in [0.3, 0.4) is 0 Å². The molecule has 1 N–H and O–H groups in total. The van der Waals surface area contributed by atoms with Crippen LogP contribution in [0.25, 0.3) is 22.2 Å². The number of anilines is 1. The molecule has 154 valence electrons. The third kappa shape index (κ3) is 3.46. The summed E-state index contributed by atoms with van der Waals surface area (Å²) < 4.78 is 30.7. The smallest absolute Gasteiger partial charge is 0.151 e. The minimum Gasteiger partial charge on any atom is -0.380 e. The first-order valence-corrected chi connectivity index (χ1v) is 13.3. The number of nitrogens with zero attached hydrogens (tertiary/aromatic N) is 3. The molecule has 3 aromatic rings. The fourth-order valence-electron chi connectivity index (χ4n) is 5.07. The number of fused-ring (bicyclic) bond motifs is 4. The van der Waals surface area contributed by atoms with Gasteiger partial charge in [0.25, 0.3) is 0 Å². The first-order valence-electron chi connectivity index (χ1n) is 10.0. The molecule has 6 rings (SSSR count). The van der Waals surface area contributed by atoms with E-state index in [4.69, 9.17) is 0 Å². The van der Waals surface area contributed by atoms with Crippen molar-refractivity contribution in [1.82, 2.24) is 8.96 Å². The summed E-state index contributed by atoms with van der Waals surface area (Å²) in [5.74, 6) is 0.426. The van der Waals surface area contributed by atoms with E-state index >= 15 is 0 Å². The zero-order valence-corrected chi connectivity index (χ0v) is 19.0. The summed E-state index contributed by atoms with van der Waals surface area (Å²) in [6.07, 6.45) is 9.01. The molecule has 8 heteroatoms. The molecule has 3 aliphatic rings. The van der Waals surface area contributed by atoms with E-state index in [1.807, 2.05) is 10.2 Å². The maximum atomic E-state index is 14.9. The van der Waals surface area contributed by atoms with E-state index in [0.29, 0.717) is 33.8 Å². The van der Waals surface area contributed by atoms with E-state index in [0.717, 1.165) is 12.3 Å². The Labute approximate surface area is 189 Å². The van der Waals surface area contributed by atoms with Crippen LogP contribution in [0.1, 0.15) is 37.7 Å². The van der Waals surface area contributed by atoms with E-state index in [1.165, 1.54) is 53.1 Å². The van der Waals surface area contributed by atoms with E-state index in [-0.39, 0.29) is 11.6 Å². The molecule has 1 aromatic carbocycles. The summed E-state index contributed by atoms with van der Waals surface area (Å²) in [5, 5.41) is 13.7. The van der Waals surface area contributed by atoms with Crippen molar-refractivity contribution in [2.24, 2.45) is 11.8 Å². The van der Waals surface area contributed by atoms with Crippen LogP contribution in [-0.4, -0.2) is 15.0 Å². The summed E-state index contributed by atoms with van der Waals surface area (Å²) in [5.41, 5.74) is 2.51. The quantitative estimate of drug-likeness (QED) is 0.378. The van der Waals surface area contributed by atoms with Crippen LogP contribution in [-0.2, 0) is 0 Å². The predicted molar refractivity (Wildman–Crippen MR) is 124 cm³/mol. The largest absolute Gasteiger partial charge is 0.380 e. The van der Waals surface area contributed by atoms with Gasteiger partial charge >= 0.3 is 0 Å². The molecule has 3 aliphatic carbocycles. The lowest BCUT2D eigenvalue weighted by Gasteiger charge is -2.43. The van der Waals surface area contributed by atoms with Crippen molar-refractivity contribution in [1.29, 1.82) is 5.26 Å². The zero-order valence-electron chi connectivity index (χ0n) is 16.0. The number of hydrogen-bond acceptors (Lipinski definition) is 4. The van der Waals surface area contributed by atoms with Gasteiger partial charge in [0.05, 0.1) is 23.5 Å². The van der Waals surface area contributed by atoms with Gasteiger partial charge in [-0.3, -0.25) is 3.97 Å². The molecule has 2 bridgehead atoms. The van der Waals surface area contributed by atoms with Crippen LogP contribution in [0.4, 0.5) is 14.5 Å².